The average molecular weight is 321 g/mol. The topological polar surface area (TPSA) is 41.1 Å². The standard InChI is InChI=1S/C14H18ClFN2O.ClH/c15-12-5-1-4-11(13(12)16)14(19)18-8-6-10-3-2-7-17-9-10;/h1,4-5,10,17H,2-3,6-9H2,(H,18,19);1H. The largest absolute Gasteiger partial charge is 0.352 e. The maximum Gasteiger partial charge on any atom is 0.254 e. The lowest BCUT2D eigenvalue weighted by molar-refractivity contribution is 0.0946. The van der Waals surface area contributed by atoms with Crippen LogP contribution in [0, 0.1) is 11.7 Å². The van der Waals surface area contributed by atoms with Crippen molar-refractivity contribution in [1.82, 2.24) is 10.6 Å². The van der Waals surface area contributed by atoms with Crippen LogP contribution in [0.15, 0.2) is 18.2 Å². The number of carbonyl (C=O) groups excluding carboxylic acids is 1. The molecule has 0 saturated carbocycles. The Morgan fingerprint density at radius 1 is 1.50 bits per heavy atom. The van der Waals surface area contributed by atoms with Gasteiger partial charge in [0.1, 0.15) is 0 Å². The molecule has 1 aromatic carbocycles. The van der Waals surface area contributed by atoms with E-state index in [4.69, 9.17) is 11.6 Å². The summed E-state index contributed by atoms with van der Waals surface area (Å²) in [4.78, 5) is 11.8. The van der Waals surface area contributed by atoms with Crippen molar-refractivity contribution in [2.24, 2.45) is 5.92 Å². The van der Waals surface area contributed by atoms with Gasteiger partial charge in [-0.25, -0.2) is 4.39 Å². The quantitative estimate of drug-likeness (QED) is 0.895. The molecule has 2 rings (SSSR count). The van der Waals surface area contributed by atoms with Crippen LogP contribution >= 0.6 is 24.0 Å². The Morgan fingerprint density at radius 2 is 2.30 bits per heavy atom. The zero-order valence-electron chi connectivity index (χ0n) is 11.1. The molecule has 0 aliphatic carbocycles. The molecule has 1 fully saturated rings. The van der Waals surface area contributed by atoms with Crippen LogP contribution in [0.2, 0.25) is 5.02 Å². The summed E-state index contributed by atoms with van der Waals surface area (Å²) in [6.45, 7) is 2.65. The summed E-state index contributed by atoms with van der Waals surface area (Å²) in [6, 6.07) is 4.45. The van der Waals surface area contributed by atoms with Crippen LogP contribution in [0.25, 0.3) is 0 Å². The van der Waals surface area contributed by atoms with Crippen LogP contribution in [-0.4, -0.2) is 25.5 Å². The molecule has 1 saturated heterocycles. The highest BCUT2D eigenvalue weighted by Crippen LogP contribution is 2.18. The molecule has 0 spiro atoms. The normalized spacial score (nSPS) is 18.2. The van der Waals surface area contributed by atoms with Gasteiger partial charge < -0.3 is 10.6 Å². The van der Waals surface area contributed by atoms with Gasteiger partial charge in [-0.15, -0.1) is 12.4 Å². The Bertz CT molecular complexity index is 451. The van der Waals surface area contributed by atoms with Crippen LogP contribution in [0.1, 0.15) is 29.6 Å². The lowest BCUT2D eigenvalue weighted by Crippen LogP contribution is -2.33. The Hall–Kier alpha value is -0.840. The second-order valence-electron chi connectivity index (χ2n) is 4.86. The van der Waals surface area contributed by atoms with Gasteiger partial charge in [-0.05, 0) is 50.4 Å². The van der Waals surface area contributed by atoms with E-state index in [-0.39, 0.29) is 23.0 Å². The van der Waals surface area contributed by atoms with Crippen molar-refractivity contribution >= 4 is 29.9 Å². The molecule has 1 aromatic rings. The highest BCUT2D eigenvalue weighted by Gasteiger charge is 2.15. The fourth-order valence-corrected chi connectivity index (χ4v) is 2.51. The van der Waals surface area contributed by atoms with Gasteiger partial charge in [-0.2, -0.15) is 0 Å². The van der Waals surface area contributed by atoms with Crippen LogP contribution in [0.5, 0.6) is 0 Å². The second-order valence-corrected chi connectivity index (χ2v) is 5.27. The van der Waals surface area contributed by atoms with Gasteiger partial charge in [-0.3, -0.25) is 4.79 Å². The first-order valence-electron chi connectivity index (χ1n) is 6.61. The highest BCUT2D eigenvalue weighted by atomic mass is 35.5. The molecule has 0 bridgehead atoms. The predicted octanol–water partition coefficient (Wildman–Crippen LogP) is 3.02. The number of rotatable bonds is 4. The first kappa shape index (κ1) is 17.2. The molecule has 0 radical (unpaired) electrons. The van der Waals surface area contributed by atoms with E-state index < -0.39 is 11.7 Å². The summed E-state index contributed by atoms with van der Waals surface area (Å²) in [6.07, 6.45) is 3.29. The molecule has 3 nitrogen and oxygen atoms in total. The summed E-state index contributed by atoms with van der Waals surface area (Å²) in [5, 5.41) is 6.06. The van der Waals surface area contributed by atoms with Crippen LogP contribution in [-0.2, 0) is 0 Å². The van der Waals surface area contributed by atoms with Crippen molar-refractivity contribution in [2.75, 3.05) is 19.6 Å². The Labute approximate surface area is 129 Å². The van der Waals surface area contributed by atoms with Crippen molar-refractivity contribution < 1.29 is 9.18 Å². The molecule has 112 valence electrons. The number of hydrogen-bond acceptors (Lipinski definition) is 2. The van der Waals surface area contributed by atoms with Gasteiger partial charge >= 0.3 is 0 Å². The third-order valence-corrected chi connectivity index (χ3v) is 3.73. The van der Waals surface area contributed by atoms with Crippen molar-refractivity contribution in [3.8, 4) is 0 Å². The number of hydrogen-bond donors (Lipinski definition) is 2. The van der Waals surface area contributed by atoms with Crippen molar-refractivity contribution in [3.63, 3.8) is 0 Å². The molecular formula is C14H19Cl2FN2O. The predicted molar refractivity (Wildman–Crippen MR) is 81.2 cm³/mol. The molecule has 2 N–H and O–H groups in total. The SMILES string of the molecule is Cl.O=C(NCCC1CCCNC1)c1cccc(Cl)c1F. The number of carbonyl (C=O) groups is 1. The van der Waals surface area contributed by atoms with Crippen LogP contribution in [0.3, 0.4) is 0 Å². The molecule has 6 heteroatoms. The van der Waals surface area contributed by atoms with Gasteiger partial charge in [-0.1, -0.05) is 17.7 Å². The fourth-order valence-electron chi connectivity index (χ4n) is 2.33. The van der Waals surface area contributed by atoms with E-state index in [1.54, 1.807) is 6.07 Å². The Kier molecular flexibility index (Phi) is 7.27. The molecule has 1 atom stereocenters. The van der Waals surface area contributed by atoms with Gasteiger partial charge in [0.2, 0.25) is 0 Å². The fraction of sp³-hybridized carbons (Fsp3) is 0.500. The van der Waals surface area contributed by atoms with E-state index >= 15 is 0 Å². The Morgan fingerprint density at radius 3 is 3.00 bits per heavy atom. The molecule has 1 aliphatic rings. The number of nitrogens with one attached hydrogen (secondary N) is 2. The minimum atomic E-state index is -0.652. The van der Waals surface area contributed by atoms with E-state index in [0.29, 0.717) is 12.5 Å². The zero-order valence-corrected chi connectivity index (χ0v) is 12.7. The summed E-state index contributed by atoms with van der Waals surface area (Å²) >= 11 is 5.65. The van der Waals surface area contributed by atoms with Gasteiger partial charge in [0.25, 0.3) is 5.91 Å². The third-order valence-electron chi connectivity index (χ3n) is 3.43. The lowest BCUT2D eigenvalue weighted by atomic mass is 9.96. The van der Waals surface area contributed by atoms with E-state index in [0.717, 1.165) is 19.5 Å². The number of piperidine rings is 1. The van der Waals surface area contributed by atoms with E-state index in [1.165, 1.54) is 25.0 Å². The average Bonchev–Trinajstić information content (AvgIpc) is 2.43. The minimum absolute atomic E-state index is 0. The van der Waals surface area contributed by atoms with E-state index in [2.05, 4.69) is 10.6 Å². The number of amides is 1. The number of benzene rings is 1. The number of halogens is 3. The summed E-state index contributed by atoms with van der Waals surface area (Å²) in [5.74, 6) is -0.456. The van der Waals surface area contributed by atoms with Crippen LogP contribution < -0.4 is 10.6 Å². The first-order valence-corrected chi connectivity index (χ1v) is 6.99. The monoisotopic (exact) mass is 320 g/mol. The highest BCUT2D eigenvalue weighted by molar-refractivity contribution is 6.31. The van der Waals surface area contributed by atoms with Gasteiger partial charge in [0, 0.05) is 6.54 Å². The molecule has 1 heterocycles. The van der Waals surface area contributed by atoms with Gasteiger partial charge in [0.05, 0.1) is 10.6 Å². The molecule has 1 unspecified atom stereocenters. The van der Waals surface area contributed by atoms with Crippen molar-refractivity contribution in [2.45, 2.75) is 19.3 Å². The van der Waals surface area contributed by atoms with E-state index in [1.807, 2.05) is 0 Å². The smallest absolute Gasteiger partial charge is 0.254 e. The summed E-state index contributed by atoms with van der Waals surface area (Å²) in [5.41, 5.74) is 0.00858. The first-order chi connectivity index (χ1) is 9.18. The third kappa shape index (κ3) is 4.62. The maximum absolute atomic E-state index is 13.6. The lowest BCUT2D eigenvalue weighted by Gasteiger charge is -2.22. The molecular weight excluding hydrogens is 302 g/mol. The van der Waals surface area contributed by atoms with Crippen molar-refractivity contribution in [1.29, 1.82) is 0 Å². The molecule has 0 aromatic heterocycles. The summed E-state index contributed by atoms with van der Waals surface area (Å²) < 4.78 is 13.6. The van der Waals surface area contributed by atoms with Crippen LogP contribution in [0.4, 0.5) is 4.39 Å². The molecule has 1 aliphatic heterocycles. The molecule has 20 heavy (non-hydrogen) atoms. The van der Waals surface area contributed by atoms with Crippen molar-refractivity contribution in [3.05, 3.63) is 34.6 Å². The maximum atomic E-state index is 13.6. The second kappa shape index (κ2) is 8.45. The summed E-state index contributed by atoms with van der Waals surface area (Å²) in [7, 11) is 0. The Balaban J connectivity index is 0.00000200. The zero-order chi connectivity index (χ0) is 13.7. The minimum Gasteiger partial charge on any atom is -0.352 e. The van der Waals surface area contributed by atoms with E-state index in [9.17, 15) is 9.18 Å². The van der Waals surface area contributed by atoms with Gasteiger partial charge in [0.15, 0.2) is 5.82 Å². The molecule has 1 amide bonds.